The van der Waals surface area contributed by atoms with Crippen LogP contribution in [0.25, 0.3) is 11.1 Å². The summed E-state index contributed by atoms with van der Waals surface area (Å²) in [5, 5.41) is 3.43. The fraction of sp³-hybridized carbons (Fsp3) is 0.321. The number of ether oxygens (including phenoxy) is 3. The number of carbonyl (C=O) groups excluding carboxylic acids is 1. The number of benzene rings is 3. The molecule has 0 spiro atoms. The second-order valence-corrected chi connectivity index (χ2v) is 9.16. The molecule has 0 bridgehead atoms. The topological polar surface area (TPSA) is 56.8 Å². The zero-order chi connectivity index (χ0) is 23.3. The largest absolute Gasteiger partial charge is 0.463 e. The molecule has 5 nitrogen and oxygen atoms in total. The van der Waals surface area contributed by atoms with Crippen LogP contribution >= 0.6 is 0 Å². The Balaban J connectivity index is 1.68. The molecular weight excluding hydrogens is 414 g/mol. The minimum atomic E-state index is -0.591. The molecule has 172 valence electrons. The Morgan fingerprint density at radius 2 is 1.67 bits per heavy atom. The lowest BCUT2D eigenvalue weighted by molar-refractivity contribution is -0.105. The van der Waals surface area contributed by atoms with E-state index in [4.69, 9.17) is 14.2 Å². The number of anilines is 2. The van der Waals surface area contributed by atoms with Gasteiger partial charge in [0.1, 0.15) is 11.4 Å². The summed E-state index contributed by atoms with van der Waals surface area (Å²) in [6.45, 7) is 6.30. The highest BCUT2D eigenvalue weighted by molar-refractivity contribution is 5.98. The molecule has 0 amide bonds. The van der Waals surface area contributed by atoms with E-state index < -0.39 is 5.60 Å². The first-order chi connectivity index (χ1) is 15.9. The van der Waals surface area contributed by atoms with Crippen molar-refractivity contribution in [1.29, 1.82) is 0 Å². The molecule has 33 heavy (non-hydrogen) atoms. The van der Waals surface area contributed by atoms with Crippen LogP contribution < -0.4 is 10.1 Å². The Hall–Kier alpha value is -3.31. The predicted molar refractivity (Wildman–Crippen MR) is 131 cm³/mol. The van der Waals surface area contributed by atoms with E-state index in [1.54, 1.807) is 0 Å². The molecule has 3 aromatic rings. The maximum Gasteiger partial charge on any atom is 0.340 e. The molecule has 1 aliphatic rings. The molecule has 0 saturated carbocycles. The molecule has 1 unspecified atom stereocenters. The van der Waals surface area contributed by atoms with Gasteiger partial charge in [-0.15, -0.1) is 0 Å². The summed E-state index contributed by atoms with van der Waals surface area (Å²) < 4.78 is 17.6. The fourth-order valence-electron chi connectivity index (χ4n) is 3.73. The second-order valence-electron chi connectivity index (χ2n) is 9.16. The molecule has 1 saturated heterocycles. The number of hydrogen-bond acceptors (Lipinski definition) is 5. The van der Waals surface area contributed by atoms with Crippen molar-refractivity contribution in [3.63, 3.8) is 0 Å². The summed E-state index contributed by atoms with van der Waals surface area (Å²) in [7, 11) is 0. The summed E-state index contributed by atoms with van der Waals surface area (Å²) in [4.78, 5) is 13.0. The van der Waals surface area contributed by atoms with Crippen LogP contribution in [0.15, 0.2) is 72.8 Å². The lowest BCUT2D eigenvalue weighted by Crippen LogP contribution is -2.25. The van der Waals surface area contributed by atoms with Gasteiger partial charge in [-0.05, 0) is 69.0 Å². The van der Waals surface area contributed by atoms with E-state index in [9.17, 15) is 4.79 Å². The fourth-order valence-corrected chi connectivity index (χ4v) is 3.73. The van der Waals surface area contributed by atoms with Crippen molar-refractivity contribution in [3.8, 4) is 16.9 Å². The molecule has 4 rings (SSSR count). The third kappa shape index (κ3) is 6.14. The zero-order valence-electron chi connectivity index (χ0n) is 19.5. The number of rotatable bonds is 6. The van der Waals surface area contributed by atoms with Crippen LogP contribution in [0, 0.1) is 0 Å². The third-order valence-electron chi connectivity index (χ3n) is 5.30. The molecule has 1 atom stereocenters. The quantitative estimate of drug-likeness (QED) is 0.416. The third-order valence-corrected chi connectivity index (χ3v) is 5.30. The van der Waals surface area contributed by atoms with E-state index in [1.165, 1.54) is 0 Å². The van der Waals surface area contributed by atoms with Gasteiger partial charge in [-0.3, -0.25) is 0 Å². The first kappa shape index (κ1) is 22.9. The van der Waals surface area contributed by atoms with Gasteiger partial charge in [-0.2, -0.15) is 0 Å². The van der Waals surface area contributed by atoms with Gasteiger partial charge >= 0.3 is 5.97 Å². The van der Waals surface area contributed by atoms with Crippen LogP contribution in [0.2, 0.25) is 0 Å². The average Bonchev–Trinajstić information content (AvgIpc) is 2.80. The molecule has 1 aliphatic heterocycles. The van der Waals surface area contributed by atoms with Gasteiger partial charge in [0.05, 0.1) is 23.5 Å². The van der Waals surface area contributed by atoms with Gasteiger partial charge in [-0.25, -0.2) is 4.79 Å². The first-order valence-electron chi connectivity index (χ1n) is 11.5. The van der Waals surface area contributed by atoms with Crippen LogP contribution in [-0.2, 0) is 9.47 Å². The van der Waals surface area contributed by atoms with Gasteiger partial charge in [0.25, 0.3) is 0 Å². The van der Waals surface area contributed by atoms with E-state index in [-0.39, 0.29) is 12.3 Å². The van der Waals surface area contributed by atoms with Crippen molar-refractivity contribution in [1.82, 2.24) is 0 Å². The normalized spacial score (nSPS) is 16.2. The maximum absolute atomic E-state index is 13.0. The Morgan fingerprint density at radius 3 is 2.39 bits per heavy atom. The van der Waals surface area contributed by atoms with E-state index in [1.807, 2.05) is 93.6 Å². The van der Waals surface area contributed by atoms with E-state index in [0.717, 1.165) is 36.1 Å². The summed E-state index contributed by atoms with van der Waals surface area (Å²) in [6.07, 6.45) is 2.75. The Kier molecular flexibility index (Phi) is 6.99. The van der Waals surface area contributed by atoms with Crippen molar-refractivity contribution >= 4 is 17.3 Å². The Bertz CT molecular complexity index is 1080. The van der Waals surface area contributed by atoms with Crippen LogP contribution in [0.5, 0.6) is 5.75 Å². The Morgan fingerprint density at radius 1 is 0.909 bits per heavy atom. The van der Waals surface area contributed by atoms with Gasteiger partial charge in [0.15, 0.2) is 6.29 Å². The molecule has 0 radical (unpaired) electrons. The number of para-hydroxylation sites is 2. The number of hydrogen-bond donors (Lipinski definition) is 1. The lowest BCUT2D eigenvalue weighted by Gasteiger charge is -2.25. The zero-order valence-corrected chi connectivity index (χ0v) is 19.5. The van der Waals surface area contributed by atoms with Crippen molar-refractivity contribution in [2.75, 3.05) is 11.9 Å². The second kappa shape index (κ2) is 10.1. The number of nitrogens with one attached hydrogen (secondary N) is 1. The van der Waals surface area contributed by atoms with Crippen molar-refractivity contribution in [2.24, 2.45) is 0 Å². The summed E-state index contributed by atoms with van der Waals surface area (Å²) >= 11 is 0. The van der Waals surface area contributed by atoms with Gasteiger partial charge < -0.3 is 19.5 Å². The number of esters is 1. The van der Waals surface area contributed by atoms with Crippen molar-refractivity contribution < 1.29 is 19.0 Å². The maximum atomic E-state index is 13.0. The molecular formula is C28H31NO4. The smallest absolute Gasteiger partial charge is 0.340 e. The highest BCUT2D eigenvalue weighted by atomic mass is 16.7. The monoisotopic (exact) mass is 445 g/mol. The van der Waals surface area contributed by atoms with Crippen LogP contribution in [0.4, 0.5) is 11.4 Å². The van der Waals surface area contributed by atoms with E-state index in [0.29, 0.717) is 23.6 Å². The van der Waals surface area contributed by atoms with Crippen molar-refractivity contribution in [2.45, 2.75) is 51.9 Å². The molecule has 0 aromatic heterocycles. The van der Waals surface area contributed by atoms with Gasteiger partial charge in [0.2, 0.25) is 0 Å². The molecule has 3 aromatic carbocycles. The minimum Gasteiger partial charge on any atom is -0.463 e. The SMILES string of the molecule is CC(C)(C)OC(=O)c1ccc(-c2ccccc2)cc1Nc1ccccc1OC1CCCCO1. The Labute approximate surface area is 195 Å². The summed E-state index contributed by atoms with van der Waals surface area (Å²) in [6, 6.07) is 23.5. The molecule has 0 aliphatic carbocycles. The van der Waals surface area contributed by atoms with Gasteiger partial charge in [0, 0.05) is 6.42 Å². The van der Waals surface area contributed by atoms with Crippen LogP contribution in [0.3, 0.4) is 0 Å². The first-order valence-corrected chi connectivity index (χ1v) is 11.5. The highest BCUT2D eigenvalue weighted by Crippen LogP contribution is 2.34. The van der Waals surface area contributed by atoms with E-state index in [2.05, 4.69) is 5.32 Å². The molecule has 1 N–H and O–H groups in total. The minimum absolute atomic E-state index is 0.261. The summed E-state index contributed by atoms with van der Waals surface area (Å²) in [5.41, 5.74) is 3.36. The predicted octanol–water partition coefficient (Wildman–Crippen LogP) is 6.96. The van der Waals surface area contributed by atoms with Crippen LogP contribution in [0.1, 0.15) is 50.4 Å². The standard InChI is InChI=1S/C28H31NO4/c1-28(2,3)33-27(30)22-17-16-21(20-11-5-4-6-12-20)19-24(22)29-23-13-7-8-14-25(23)32-26-15-9-10-18-31-26/h4-8,11-14,16-17,19,26,29H,9-10,15,18H2,1-3H3. The van der Waals surface area contributed by atoms with Gasteiger partial charge in [-0.1, -0.05) is 48.5 Å². The highest BCUT2D eigenvalue weighted by Gasteiger charge is 2.22. The summed E-state index contributed by atoms with van der Waals surface area (Å²) in [5.74, 6) is 0.309. The number of carbonyl (C=O) groups is 1. The molecule has 1 heterocycles. The van der Waals surface area contributed by atoms with Crippen LogP contribution in [-0.4, -0.2) is 24.5 Å². The molecule has 1 fully saturated rings. The van der Waals surface area contributed by atoms with Crippen molar-refractivity contribution in [3.05, 3.63) is 78.4 Å². The lowest BCUT2D eigenvalue weighted by atomic mass is 10.0. The molecule has 5 heteroatoms. The van der Waals surface area contributed by atoms with E-state index >= 15 is 0 Å². The average molecular weight is 446 g/mol.